The van der Waals surface area contributed by atoms with E-state index in [0.29, 0.717) is 0 Å². The molecule has 0 bridgehead atoms. The topological polar surface area (TPSA) is 34.6 Å². The van der Waals surface area contributed by atoms with Gasteiger partial charge in [-0.1, -0.05) is 0 Å². The molecule has 0 spiro atoms. The number of para-hydroxylation sites is 1. The first-order valence-corrected chi connectivity index (χ1v) is 10.5. The van der Waals surface area contributed by atoms with Crippen LogP contribution in [0.1, 0.15) is 5.56 Å². The average Bonchev–Trinajstić information content (AvgIpc) is 3.02. The molecule has 0 amide bonds. The third-order valence-electron chi connectivity index (χ3n) is 4.61. The summed E-state index contributed by atoms with van der Waals surface area (Å²) in [5.41, 5.74) is 4.75. The molecule has 1 atom stereocenters. The fourth-order valence-electron chi connectivity index (χ4n) is 3.29. The zero-order valence-corrected chi connectivity index (χ0v) is 17.8. The third kappa shape index (κ3) is 3.54. The zero-order valence-electron chi connectivity index (χ0n) is 15.1. The van der Waals surface area contributed by atoms with Crippen LogP contribution < -0.4 is 14.4 Å². The normalized spacial score (nSPS) is 15.5. The molecule has 3 aromatic rings. The molecule has 6 heteroatoms. The van der Waals surface area contributed by atoms with Gasteiger partial charge < -0.3 is 0 Å². The van der Waals surface area contributed by atoms with Crippen molar-refractivity contribution in [1.82, 2.24) is 4.98 Å². The minimum atomic E-state index is 0.288. The van der Waals surface area contributed by atoms with Crippen molar-refractivity contribution in [2.45, 2.75) is 15.6 Å². The van der Waals surface area contributed by atoms with Gasteiger partial charge in [0.15, 0.2) is 0 Å². The van der Waals surface area contributed by atoms with Gasteiger partial charge in [-0.3, -0.25) is 0 Å². The van der Waals surface area contributed by atoms with Crippen LogP contribution in [0, 0.1) is 0 Å². The molecule has 0 saturated heterocycles. The van der Waals surface area contributed by atoms with Crippen molar-refractivity contribution in [3.63, 3.8) is 0 Å². The second kappa shape index (κ2) is 7.87. The summed E-state index contributed by atoms with van der Waals surface area (Å²) in [5.74, 6) is 1.56. The number of hydrogen-bond donors (Lipinski definition) is 0. The van der Waals surface area contributed by atoms with Gasteiger partial charge in [0.1, 0.15) is 0 Å². The van der Waals surface area contributed by atoms with Crippen LogP contribution in [0.4, 0.5) is 5.69 Å². The van der Waals surface area contributed by atoms with Crippen LogP contribution in [0.3, 0.4) is 0 Å². The Morgan fingerprint density at radius 1 is 1.04 bits per heavy atom. The summed E-state index contributed by atoms with van der Waals surface area (Å²) in [6.07, 6.45) is 3.66. The molecule has 2 aromatic carbocycles. The summed E-state index contributed by atoms with van der Waals surface area (Å²) >= 11 is 4.62. The van der Waals surface area contributed by atoms with Crippen LogP contribution in [0.2, 0.25) is 0 Å². The fourth-order valence-corrected chi connectivity index (χ4v) is 5.48. The van der Waals surface area contributed by atoms with Crippen LogP contribution in [-0.4, -0.2) is 40.2 Å². The van der Waals surface area contributed by atoms with E-state index in [-0.39, 0.29) is 4.16 Å². The molecule has 1 unspecified atom stereocenters. The van der Waals surface area contributed by atoms with Crippen molar-refractivity contribution in [3.8, 4) is 22.6 Å². The Morgan fingerprint density at radius 2 is 1.85 bits per heavy atom. The number of hydrogen-bond acceptors (Lipinski definition) is 5. The van der Waals surface area contributed by atoms with Crippen molar-refractivity contribution >= 4 is 34.3 Å². The first-order chi connectivity index (χ1) is 13.2. The number of pyridine rings is 1. The summed E-state index contributed by atoms with van der Waals surface area (Å²) in [4.78, 5) is 7.78. The molecule has 2 heterocycles. The van der Waals surface area contributed by atoms with Crippen molar-refractivity contribution in [1.29, 1.82) is 0 Å². The molecular formula is C21H19AsN2O2S. The molecule has 2 radical (unpaired) electrons. The van der Waals surface area contributed by atoms with E-state index in [1.165, 1.54) is 21.7 Å². The number of rotatable bonds is 5. The van der Waals surface area contributed by atoms with Gasteiger partial charge in [-0.05, 0) is 0 Å². The van der Waals surface area contributed by atoms with Crippen LogP contribution in [-0.2, 0) is 6.54 Å². The number of fused-ring (bicyclic) bond motifs is 1. The molecule has 0 N–H and O–H groups in total. The van der Waals surface area contributed by atoms with Crippen molar-refractivity contribution in [2.24, 2.45) is 0 Å². The average molecular weight is 438 g/mol. The Balaban J connectivity index is 1.66. The van der Waals surface area contributed by atoms with E-state index in [4.69, 9.17) is 9.47 Å². The number of benzene rings is 2. The summed E-state index contributed by atoms with van der Waals surface area (Å²) < 4.78 is 11.3. The summed E-state index contributed by atoms with van der Waals surface area (Å²) in [6.45, 7) is 0.758. The van der Waals surface area contributed by atoms with Gasteiger partial charge >= 0.3 is 173 Å². The fraction of sp³-hybridized carbons (Fsp3) is 0.190. The van der Waals surface area contributed by atoms with E-state index >= 15 is 0 Å². The Bertz CT molecular complexity index is 952. The maximum atomic E-state index is 5.61. The van der Waals surface area contributed by atoms with Crippen molar-refractivity contribution in [2.75, 3.05) is 19.1 Å². The van der Waals surface area contributed by atoms with Crippen molar-refractivity contribution in [3.05, 3.63) is 66.5 Å². The summed E-state index contributed by atoms with van der Waals surface area (Å²) in [6, 6.07) is 16.8. The predicted octanol–water partition coefficient (Wildman–Crippen LogP) is 4.33. The summed E-state index contributed by atoms with van der Waals surface area (Å²) in [5, 5.41) is 0. The molecule has 136 valence electrons. The number of thioether (sulfide) groups is 1. The van der Waals surface area contributed by atoms with Gasteiger partial charge in [0.2, 0.25) is 0 Å². The van der Waals surface area contributed by atoms with E-state index < -0.39 is 0 Å². The quantitative estimate of drug-likeness (QED) is 0.554. The van der Waals surface area contributed by atoms with Gasteiger partial charge in [0.05, 0.1) is 0 Å². The zero-order chi connectivity index (χ0) is 18.8. The van der Waals surface area contributed by atoms with Gasteiger partial charge in [-0.15, -0.1) is 0 Å². The van der Waals surface area contributed by atoms with Crippen LogP contribution in [0.15, 0.2) is 65.8 Å². The number of nitrogens with zero attached hydrogens (tertiary/aromatic N) is 2. The number of anilines is 1. The number of ether oxygens (including phenoxy) is 2. The first kappa shape index (κ1) is 18.3. The Kier molecular flexibility index (Phi) is 5.33. The maximum absolute atomic E-state index is 5.61. The first-order valence-electron chi connectivity index (χ1n) is 8.57. The van der Waals surface area contributed by atoms with Gasteiger partial charge in [0.25, 0.3) is 0 Å². The van der Waals surface area contributed by atoms with E-state index in [0.717, 1.165) is 23.6 Å². The van der Waals surface area contributed by atoms with E-state index in [9.17, 15) is 0 Å². The van der Waals surface area contributed by atoms with Crippen molar-refractivity contribution < 1.29 is 9.47 Å². The molecular weight excluding hydrogens is 419 g/mol. The monoisotopic (exact) mass is 438 g/mol. The second-order valence-corrected chi connectivity index (χ2v) is 9.05. The molecule has 0 fully saturated rings. The van der Waals surface area contributed by atoms with Crippen LogP contribution in [0.5, 0.6) is 11.5 Å². The second-order valence-electron chi connectivity index (χ2n) is 6.14. The predicted molar refractivity (Wildman–Crippen MR) is 111 cm³/mol. The molecule has 4 rings (SSSR count). The minimum absolute atomic E-state index is 0.288. The number of aromatic nitrogens is 1. The molecule has 1 aliphatic rings. The molecule has 1 aliphatic heterocycles. The molecule has 0 aliphatic carbocycles. The standard InChI is InChI=1S/C21H19AsN2O2S/c1-25-18-5-3-4-16(20(18)26-2)13-24-17-7-6-15(12-19(17)27-21(24)22)14-8-10-23-11-9-14/h3-12,21H,13H2,1-2H3. The Morgan fingerprint density at radius 3 is 2.59 bits per heavy atom. The molecule has 0 saturated carbocycles. The summed E-state index contributed by atoms with van der Waals surface area (Å²) in [7, 11) is 3.36. The molecule has 27 heavy (non-hydrogen) atoms. The van der Waals surface area contributed by atoms with Crippen LogP contribution in [0.25, 0.3) is 11.1 Å². The molecule has 4 nitrogen and oxygen atoms in total. The third-order valence-corrected chi connectivity index (χ3v) is 6.90. The van der Waals surface area contributed by atoms with Gasteiger partial charge in [-0.2, -0.15) is 0 Å². The Labute approximate surface area is 172 Å². The van der Waals surface area contributed by atoms with Gasteiger partial charge in [-0.25, -0.2) is 0 Å². The van der Waals surface area contributed by atoms with Crippen LogP contribution >= 0.6 is 11.8 Å². The van der Waals surface area contributed by atoms with Gasteiger partial charge in [0, 0.05) is 0 Å². The van der Waals surface area contributed by atoms with E-state index in [2.05, 4.69) is 51.0 Å². The Hall–Kier alpha value is -2.10. The number of methoxy groups -OCH3 is 2. The SMILES string of the molecule is COc1cccc(CN2c3ccc(-c4ccncc4)cc3SC2[As])c1OC. The van der Waals surface area contributed by atoms with E-state index in [1.54, 1.807) is 14.2 Å². The molecule has 1 aromatic heterocycles. The van der Waals surface area contributed by atoms with E-state index in [1.807, 2.05) is 48.4 Å².